The van der Waals surface area contributed by atoms with Crippen LogP contribution in [0.15, 0.2) is 36.4 Å². The van der Waals surface area contributed by atoms with Gasteiger partial charge in [0.2, 0.25) is 5.91 Å². The predicted octanol–water partition coefficient (Wildman–Crippen LogP) is 3.49. The Morgan fingerprint density at radius 2 is 1.69 bits per heavy atom. The van der Waals surface area contributed by atoms with Gasteiger partial charge in [0.05, 0.1) is 28.5 Å². The van der Waals surface area contributed by atoms with Crippen LogP contribution in [0, 0.1) is 27.7 Å². The van der Waals surface area contributed by atoms with Gasteiger partial charge in [0.15, 0.2) is 0 Å². The molecular weight excluding hydrogens is 326 g/mol. The highest BCUT2D eigenvalue weighted by atomic mass is 16.1. The van der Waals surface area contributed by atoms with Gasteiger partial charge >= 0.3 is 0 Å². The van der Waals surface area contributed by atoms with Crippen molar-refractivity contribution in [3.8, 4) is 5.69 Å². The van der Waals surface area contributed by atoms with Crippen LogP contribution in [0.1, 0.15) is 28.3 Å². The molecule has 2 aromatic heterocycles. The number of para-hydroxylation sites is 1. The van der Waals surface area contributed by atoms with E-state index in [1.807, 2.05) is 75.8 Å². The zero-order chi connectivity index (χ0) is 18.8. The maximum atomic E-state index is 12.3. The lowest BCUT2D eigenvalue weighted by atomic mass is 10.2. The Kier molecular flexibility index (Phi) is 4.75. The number of carbonyl (C=O) groups excluding carboxylic acids is 1. The molecule has 0 spiro atoms. The normalized spacial score (nSPS) is 11.3. The molecule has 0 bridgehead atoms. The highest BCUT2D eigenvalue weighted by Crippen LogP contribution is 2.20. The fourth-order valence-electron chi connectivity index (χ4n) is 2.99. The molecule has 1 N–H and O–H groups in total. The molecule has 0 radical (unpaired) electrons. The molecule has 0 atom stereocenters. The highest BCUT2D eigenvalue weighted by Gasteiger charge is 2.13. The van der Waals surface area contributed by atoms with Crippen molar-refractivity contribution in [2.45, 2.75) is 27.7 Å². The lowest BCUT2D eigenvalue weighted by Gasteiger charge is -2.04. The number of nitrogens with one attached hydrogen (secondary N) is 1. The Labute approximate surface area is 153 Å². The molecule has 6 heteroatoms. The third-order valence-corrected chi connectivity index (χ3v) is 4.51. The smallest absolute Gasteiger partial charge is 0.248 e. The van der Waals surface area contributed by atoms with Gasteiger partial charge in [-0.1, -0.05) is 18.2 Å². The van der Waals surface area contributed by atoms with E-state index in [1.54, 1.807) is 4.68 Å². The monoisotopic (exact) mass is 349 g/mol. The molecule has 0 aliphatic carbocycles. The van der Waals surface area contributed by atoms with Crippen molar-refractivity contribution in [2.24, 2.45) is 7.05 Å². The van der Waals surface area contributed by atoms with Crippen molar-refractivity contribution in [1.82, 2.24) is 19.6 Å². The lowest BCUT2D eigenvalue weighted by molar-refractivity contribution is -0.111. The maximum absolute atomic E-state index is 12.3. The molecule has 3 rings (SSSR count). The Balaban J connectivity index is 1.82. The number of anilines is 1. The number of aromatic nitrogens is 4. The van der Waals surface area contributed by atoms with E-state index in [-0.39, 0.29) is 5.91 Å². The van der Waals surface area contributed by atoms with Crippen LogP contribution in [-0.4, -0.2) is 25.5 Å². The van der Waals surface area contributed by atoms with E-state index in [9.17, 15) is 4.79 Å². The van der Waals surface area contributed by atoms with Crippen LogP contribution in [0.2, 0.25) is 0 Å². The van der Waals surface area contributed by atoms with Crippen molar-refractivity contribution in [1.29, 1.82) is 0 Å². The first-order valence-corrected chi connectivity index (χ1v) is 8.49. The first-order valence-electron chi connectivity index (χ1n) is 8.49. The molecule has 1 aromatic carbocycles. The number of benzene rings is 1. The summed E-state index contributed by atoms with van der Waals surface area (Å²) in [7, 11) is 1.86. The van der Waals surface area contributed by atoms with Crippen LogP contribution < -0.4 is 5.32 Å². The number of carbonyl (C=O) groups is 1. The Morgan fingerprint density at radius 1 is 1.00 bits per heavy atom. The van der Waals surface area contributed by atoms with Crippen molar-refractivity contribution in [2.75, 3.05) is 5.32 Å². The number of hydrogen-bond donors (Lipinski definition) is 1. The molecule has 0 aliphatic heterocycles. The summed E-state index contributed by atoms with van der Waals surface area (Å²) >= 11 is 0. The van der Waals surface area contributed by atoms with E-state index in [0.717, 1.165) is 39.7 Å². The van der Waals surface area contributed by atoms with Crippen molar-refractivity contribution >= 4 is 17.7 Å². The predicted molar refractivity (Wildman–Crippen MR) is 103 cm³/mol. The Morgan fingerprint density at radius 3 is 2.31 bits per heavy atom. The summed E-state index contributed by atoms with van der Waals surface area (Å²) in [4.78, 5) is 12.3. The van der Waals surface area contributed by atoms with E-state index in [1.165, 1.54) is 6.08 Å². The Bertz CT molecular complexity index is 980. The first-order chi connectivity index (χ1) is 12.4. The molecule has 0 fully saturated rings. The van der Waals surface area contributed by atoms with E-state index >= 15 is 0 Å². The van der Waals surface area contributed by atoms with Gasteiger partial charge in [-0.15, -0.1) is 0 Å². The summed E-state index contributed by atoms with van der Waals surface area (Å²) in [5.74, 6) is -0.185. The number of nitrogens with zero attached hydrogens (tertiary/aromatic N) is 4. The molecule has 0 saturated heterocycles. The minimum atomic E-state index is -0.185. The molecule has 2 heterocycles. The zero-order valence-corrected chi connectivity index (χ0v) is 15.7. The summed E-state index contributed by atoms with van der Waals surface area (Å²) in [6, 6.07) is 9.95. The second kappa shape index (κ2) is 7.00. The van der Waals surface area contributed by atoms with Gasteiger partial charge in [-0.3, -0.25) is 9.48 Å². The van der Waals surface area contributed by atoms with Crippen LogP contribution in [0.3, 0.4) is 0 Å². The molecular formula is C20H23N5O. The van der Waals surface area contributed by atoms with Crippen LogP contribution in [-0.2, 0) is 11.8 Å². The Hall–Kier alpha value is -3.15. The molecule has 3 aromatic rings. The fourth-order valence-corrected chi connectivity index (χ4v) is 2.99. The van der Waals surface area contributed by atoms with E-state index in [2.05, 4.69) is 15.5 Å². The van der Waals surface area contributed by atoms with Gasteiger partial charge in [0.25, 0.3) is 0 Å². The van der Waals surface area contributed by atoms with E-state index in [0.29, 0.717) is 0 Å². The highest BCUT2D eigenvalue weighted by molar-refractivity contribution is 6.02. The minimum absolute atomic E-state index is 0.185. The van der Waals surface area contributed by atoms with E-state index < -0.39 is 0 Å². The standard InChI is InChI=1S/C20H23N5O/c1-13-18(15(3)25(23-13)17-9-7-6-8-10-17)11-12-19(26)21-20-14(2)22-24(5)16(20)4/h6-12H,1-5H3,(H,21,26)/b12-11+. The third kappa shape index (κ3) is 3.31. The zero-order valence-electron chi connectivity index (χ0n) is 15.7. The molecule has 0 unspecified atom stereocenters. The van der Waals surface area contributed by atoms with Crippen LogP contribution in [0.25, 0.3) is 11.8 Å². The quantitative estimate of drug-likeness (QED) is 0.733. The van der Waals surface area contributed by atoms with Crippen LogP contribution >= 0.6 is 0 Å². The summed E-state index contributed by atoms with van der Waals surface area (Å²) in [5.41, 5.74) is 6.30. The SMILES string of the molecule is Cc1nn(-c2ccccc2)c(C)c1/C=C/C(=O)Nc1c(C)nn(C)c1C. The molecule has 0 saturated carbocycles. The average molecular weight is 349 g/mol. The average Bonchev–Trinajstić information content (AvgIpc) is 3.04. The van der Waals surface area contributed by atoms with Gasteiger partial charge in [-0.2, -0.15) is 10.2 Å². The summed E-state index contributed by atoms with van der Waals surface area (Å²) in [5, 5.41) is 11.8. The molecule has 0 aliphatic rings. The minimum Gasteiger partial charge on any atom is -0.319 e. The second-order valence-electron chi connectivity index (χ2n) is 6.32. The molecule has 26 heavy (non-hydrogen) atoms. The van der Waals surface area contributed by atoms with Gasteiger partial charge < -0.3 is 5.32 Å². The third-order valence-electron chi connectivity index (χ3n) is 4.51. The number of aryl methyl sites for hydroxylation is 3. The van der Waals surface area contributed by atoms with Crippen molar-refractivity contribution in [3.05, 3.63) is 64.7 Å². The number of rotatable bonds is 4. The topological polar surface area (TPSA) is 64.7 Å². The largest absolute Gasteiger partial charge is 0.319 e. The molecule has 1 amide bonds. The van der Waals surface area contributed by atoms with E-state index in [4.69, 9.17) is 0 Å². The van der Waals surface area contributed by atoms with Gasteiger partial charge in [0, 0.05) is 24.4 Å². The first kappa shape index (κ1) is 17.7. The lowest BCUT2D eigenvalue weighted by Crippen LogP contribution is -2.09. The van der Waals surface area contributed by atoms with Crippen molar-refractivity contribution < 1.29 is 4.79 Å². The van der Waals surface area contributed by atoms with Crippen LogP contribution in [0.4, 0.5) is 5.69 Å². The maximum Gasteiger partial charge on any atom is 0.248 e. The second-order valence-corrected chi connectivity index (χ2v) is 6.32. The van der Waals surface area contributed by atoms with Crippen LogP contribution in [0.5, 0.6) is 0 Å². The molecule has 134 valence electrons. The van der Waals surface area contributed by atoms with Crippen molar-refractivity contribution in [3.63, 3.8) is 0 Å². The van der Waals surface area contributed by atoms with Gasteiger partial charge in [-0.25, -0.2) is 4.68 Å². The summed E-state index contributed by atoms with van der Waals surface area (Å²) in [6.07, 6.45) is 3.35. The van der Waals surface area contributed by atoms with Gasteiger partial charge in [-0.05, 0) is 45.9 Å². The summed E-state index contributed by atoms with van der Waals surface area (Å²) in [6.45, 7) is 7.75. The summed E-state index contributed by atoms with van der Waals surface area (Å²) < 4.78 is 3.65. The molecule has 6 nitrogen and oxygen atoms in total. The van der Waals surface area contributed by atoms with Gasteiger partial charge in [0.1, 0.15) is 0 Å². The number of hydrogen-bond acceptors (Lipinski definition) is 3. The number of amides is 1. The fraction of sp³-hybridized carbons (Fsp3) is 0.250.